The largest absolute Gasteiger partial charge is 0.416 e. The van der Waals surface area contributed by atoms with Gasteiger partial charge in [0.05, 0.1) is 5.56 Å². The summed E-state index contributed by atoms with van der Waals surface area (Å²) in [5, 5.41) is 9.99. The average molecular weight is 444 g/mol. The minimum absolute atomic E-state index is 0.0457. The van der Waals surface area contributed by atoms with Crippen LogP contribution in [0.15, 0.2) is 70.8 Å². The van der Waals surface area contributed by atoms with Crippen molar-refractivity contribution in [1.82, 2.24) is 19.6 Å². The highest BCUT2D eigenvalue weighted by Gasteiger charge is 2.30. The van der Waals surface area contributed by atoms with E-state index in [1.807, 2.05) is 25.1 Å². The predicted octanol–water partition coefficient (Wildman–Crippen LogP) is 5.25. The van der Waals surface area contributed by atoms with Crippen molar-refractivity contribution < 1.29 is 18.0 Å². The zero-order chi connectivity index (χ0) is 22.0. The van der Waals surface area contributed by atoms with Crippen LogP contribution in [0.2, 0.25) is 0 Å². The summed E-state index contributed by atoms with van der Waals surface area (Å²) in [6.45, 7) is 1.87. The second-order valence-electron chi connectivity index (χ2n) is 6.49. The molecule has 4 aromatic rings. The fourth-order valence-electron chi connectivity index (χ4n) is 2.76. The Bertz CT molecular complexity index is 1240. The average Bonchev–Trinajstić information content (AvgIpc) is 3.17. The van der Waals surface area contributed by atoms with Gasteiger partial charge in [0.1, 0.15) is 11.4 Å². The highest BCUT2D eigenvalue weighted by molar-refractivity contribution is 7.99. The topological polar surface area (TPSA) is 84.2 Å². The van der Waals surface area contributed by atoms with E-state index < -0.39 is 17.8 Å². The first-order valence-electron chi connectivity index (χ1n) is 8.98. The van der Waals surface area contributed by atoms with Crippen molar-refractivity contribution in [2.24, 2.45) is 0 Å². The van der Waals surface area contributed by atoms with Gasteiger partial charge < -0.3 is 10.6 Å². The number of halogens is 3. The predicted molar refractivity (Wildman–Crippen MR) is 110 cm³/mol. The number of benzene rings is 2. The molecule has 0 bridgehead atoms. The maximum atomic E-state index is 12.8. The molecule has 0 spiro atoms. The summed E-state index contributed by atoms with van der Waals surface area (Å²) < 4.78 is 40.0. The first-order valence-corrected chi connectivity index (χ1v) is 9.80. The standard InChI is InChI=1S/C20H15F3N6OS/c1-12-9-17(29-18(26-12)24-11-25-29)31-16-7-5-14(6-8-16)27-19(30)28-15-4-2-3-13(10-15)20(21,22)23/h2-11H,1H3,(H2,27,28,30). The lowest BCUT2D eigenvalue weighted by Gasteiger charge is -2.11. The number of nitrogens with zero attached hydrogens (tertiary/aromatic N) is 4. The molecule has 0 aliphatic heterocycles. The molecule has 0 atom stereocenters. The molecule has 0 fully saturated rings. The molecule has 31 heavy (non-hydrogen) atoms. The van der Waals surface area contributed by atoms with Gasteiger partial charge in [0.15, 0.2) is 0 Å². The van der Waals surface area contributed by atoms with E-state index in [4.69, 9.17) is 0 Å². The van der Waals surface area contributed by atoms with Crippen LogP contribution < -0.4 is 10.6 Å². The molecule has 0 aliphatic carbocycles. The summed E-state index contributed by atoms with van der Waals surface area (Å²) in [5.74, 6) is 0.507. The minimum atomic E-state index is -4.48. The van der Waals surface area contributed by atoms with Crippen molar-refractivity contribution in [3.05, 3.63) is 72.2 Å². The summed E-state index contributed by atoms with van der Waals surface area (Å²) >= 11 is 1.46. The summed E-state index contributed by atoms with van der Waals surface area (Å²) in [6, 6.07) is 12.7. The van der Waals surface area contributed by atoms with Crippen LogP contribution in [0.5, 0.6) is 0 Å². The van der Waals surface area contributed by atoms with Crippen LogP contribution in [0.4, 0.5) is 29.3 Å². The molecule has 2 aromatic heterocycles. The van der Waals surface area contributed by atoms with Crippen molar-refractivity contribution in [2.45, 2.75) is 23.0 Å². The van der Waals surface area contributed by atoms with E-state index in [2.05, 4.69) is 25.7 Å². The van der Waals surface area contributed by atoms with Crippen molar-refractivity contribution in [1.29, 1.82) is 0 Å². The van der Waals surface area contributed by atoms with Gasteiger partial charge in [-0.05, 0) is 55.5 Å². The van der Waals surface area contributed by atoms with Crippen molar-refractivity contribution in [2.75, 3.05) is 10.6 Å². The summed E-state index contributed by atoms with van der Waals surface area (Å²) in [4.78, 5) is 21.4. The molecule has 7 nitrogen and oxygen atoms in total. The second-order valence-corrected chi connectivity index (χ2v) is 7.59. The van der Waals surface area contributed by atoms with E-state index in [0.29, 0.717) is 11.5 Å². The summed E-state index contributed by atoms with van der Waals surface area (Å²) in [5.41, 5.74) is 0.516. The van der Waals surface area contributed by atoms with E-state index in [1.165, 1.54) is 30.2 Å². The number of aromatic nitrogens is 4. The van der Waals surface area contributed by atoms with E-state index in [-0.39, 0.29) is 5.69 Å². The Morgan fingerprint density at radius 1 is 1.03 bits per heavy atom. The lowest BCUT2D eigenvalue weighted by Crippen LogP contribution is -2.19. The lowest BCUT2D eigenvalue weighted by molar-refractivity contribution is -0.137. The lowest BCUT2D eigenvalue weighted by atomic mass is 10.2. The fraction of sp³-hybridized carbons (Fsp3) is 0.100. The van der Waals surface area contributed by atoms with Gasteiger partial charge >= 0.3 is 12.2 Å². The van der Waals surface area contributed by atoms with Crippen LogP contribution in [0.25, 0.3) is 5.78 Å². The van der Waals surface area contributed by atoms with Gasteiger partial charge in [-0.15, -0.1) is 0 Å². The van der Waals surface area contributed by atoms with Gasteiger partial charge in [0.25, 0.3) is 5.78 Å². The quantitative estimate of drug-likeness (QED) is 0.420. The third kappa shape index (κ3) is 4.94. The Morgan fingerprint density at radius 2 is 1.77 bits per heavy atom. The Hall–Kier alpha value is -3.60. The Morgan fingerprint density at radius 3 is 2.52 bits per heavy atom. The van der Waals surface area contributed by atoms with Gasteiger partial charge in [-0.1, -0.05) is 17.8 Å². The number of carbonyl (C=O) groups is 1. The van der Waals surface area contributed by atoms with E-state index in [9.17, 15) is 18.0 Å². The number of hydrogen-bond acceptors (Lipinski definition) is 5. The van der Waals surface area contributed by atoms with Crippen LogP contribution in [0, 0.1) is 6.92 Å². The molecule has 4 rings (SSSR count). The molecule has 2 heterocycles. The number of nitrogens with one attached hydrogen (secondary N) is 2. The van der Waals surface area contributed by atoms with E-state index in [0.717, 1.165) is 27.7 Å². The molecule has 0 saturated carbocycles. The number of anilines is 2. The number of hydrogen-bond donors (Lipinski definition) is 2. The maximum absolute atomic E-state index is 12.8. The summed E-state index contributed by atoms with van der Waals surface area (Å²) in [7, 11) is 0. The van der Waals surface area contributed by atoms with Gasteiger partial charge in [-0.2, -0.15) is 27.8 Å². The summed E-state index contributed by atoms with van der Waals surface area (Å²) in [6.07, 6.45) is -3.05. The maximum Gasteiger partial charge on any atom is 0.416 e. The number of carbonyl (C=O) groups excluding carboxylic acids is 1. The van der Waals surface area contributed by atoms with Crippen LogP contribution >= 0.6 is 11.8 Å². The molecular formula is C20H15F3N6OS. The molecule has 0 aliphatic rings. The number of aryl methyl sites for hydroxylation is 1. The van der Waals surface area contributed by atoms with Crippen molar-refractivity contribution >= 4 is 34.9 Å². The number of rotatable bonds is 4. The molecule has 0 saturated heterocycles. The molecule has 2 amide bonds. The molecule has 0 unspecified atom stereocenters. The van der Waals surface area contributed by atoms with Crippen LogP contribution in [-0.2, 0) is 6.18 Å². The van der Waals surface area contributed by atoms with Gasteiger partial charge in [-0.3, -0.25) is 0 Å². The zero-order valence-corrected chi connectivity index (χ0v) is 16.8. The zero-order valence-electron chi connectivity index (χ0n) is 16.0. The highest BCUT2D eigenvalue weighted by Crippen LogP contribution is 2.31. The Kier molecular flexibility index (Phi) is 5.51. The number of urea groups is 1. The SMILES string of the molecule is Cc1cc(Sc2ccc(NC(=O)Nc3cccc(C(F)(F)F)c3)cc2)n2ncnc2n1. The third-order valence-electron chi connectivity index (χ3n) is 4.13. The third-order valence-corrected chi connectivity index (χ3v) is 5.14. The minimum Gasteiger partial charge on any atom is -0.308 e. The molecule has 0 radical (unpaired) electrons. The Balaban J connectivity index is 1.42. The van der Waals surface area contributed by atoms with Crippen LogP contribution in [0.3, 0.4) is 0 Å². The molecule has 2 aromatic carbocycles. The number of amides is 2. The monoisotopic (exact) mass is 444 g/mol. The van der Waals surface area contributed by atoms with Gasteiger partial charge in [-0.25, -0.2) is 9.78 Å². The molecule has 158 valence electrons. The van der Waals surface area contributed by atoms with E-state index >= 15 is 0 Å². The van der Waals surface area contributed by atoms with Crippen LogP contribution in [0.1, 0.15) is 11.3 Å². The first kappa shape index (κ1) is 20.7. The van der Waals surface area contributed by atoms with Crippen LogP contribution in [-0.4, -0.2) is 25.6 Å². The van der Waals surface area contributed by atoms with Gasteiger partial charge in [0, 0.05) is 22.0 Å². The first-order chi connectivity index (χ1) is 14.8. The van der Waals surface area contributed by atoms with Crippen molar-refractivity contribution in [3.8, 4) is 0 Å². The Labute approximate surface area is 178 Å². The number of alkyl halides is 3. The molecule has 2 N–H and O–H groups in total. The van der Waals surface area contributed by atoms with E-state index in [1.54, 1.807) is 16.6 Å². The normalized spacial score (nSPS) is 11.5. The highest BCUT2D eigenvalue weighted by atomic mass is 32.2. The smallest absolute Gasteiger partial charge is 0.308 e. The fourth-order valence-corrected chi connectivity index (χ4v) is 3.72. The number of fused-ring (bicyclic) bond motifs is 1. The van der Waals surface area contributed by atoms with Crippen molar-refractivity contribution in [3.63, 3.8) is 0 Å². The molecular weight excluding hydrogens is 429 g/mol. The van der Waals surface area contributed by atoms with Gasteiger partial charge in [0.2, 0.25) is 0 Å². The second kappa shape index (κ2) is 8.26. The molecule has 11 heteroatoms.